The van der Waals surface area contributed by atoms with Crippen LogP contribution in [0.4, 0.5) is 5.95 Å². The first-order valence-corrected chi connectivity index (χ1v) is 3.65. The standard InChI is InChI=1S/C8H7N3O3/c12-6(2-3-7(13)14)11-8-9-4-1-5-10-8/h1-5H,(H,13,14)(H,9,10,11,12)/p-1/b3-2+. The molecular formula is C8H6N3O3-. The molecule has 0 aliphatic heterocycles. The van der Waals surface area contributed by atoms with Crippen molar-refractivity contribution in [3.05, 3.63) is 30.6 Å². The van der Waals surface area contributed by atoms with E-state index in [0.717, 1.165) is 6.08 Å². The number of carboxylic acids is 1. The molecule has 14 heavy (non-hydrogen) atoms. The summed E-state index contributed by atoms with van der Waals surface area (Å²) in [5.41, 5.74) is 0. The van der Waals surface area contributed by atoms with Gasteiger partial charge in [0.05, 0.1) is 5.97 Å². The summed E-state index contributed by atoms with van der Waals surface area (Å²) < 4.78 is 0. The maximum absolute atomic E-state index is 10.9. The minimum absolute atomic E-state index is 0.112. The van der Waals surface area contributed by atoms with E-state index < -0.39 is 11.9 Å². The number of carbonyl (C=O) groups is 2. The number of anilines is 1. The first kappa shape index (κ1) is 9.85. The molecule has 0 fully saturated rings. The number of amides is 1. The van der Waals surface area contributed by atoms with Crippen LogP contribution < -0.4 is 10.4 Å². The smallest absolute Gasteiger partial charge is 0.250 e. The van der Waals surface area contributed by atoms with E-state index in [-0.39, 0.29) is 5.95 Å². The molecular weight excluding hydrogens is 186 g/mol. The number of carbonyl (C=O) groups excluding carboxylic acids is 2. The second-order valence-electron chi connectivity index (χ2n) is 2.21. The molecule has 1 heterocycles. The highest BCUT2D eigenvalue weighted by Crippen LogP contribution is 1.93. The summed E-state index contributed by atoms with van der Waals surface area (Å²) in [6.07, 6.45) is 4.35. The summed E-state index contributed by atoms with van der Waals surface area (Å²) in [6, 6.07) is 1.59. The number of nitrogens with zero attached hydrogens (tertiary/aromatic N) is 2. The molecule has 0 bridgehead atoms. The van der Waals surface area contributed by atoms with Crippen molar-refractivity contribution in [3.8, 4) is 0 Å². The third-order valence-electron chi connectivity index (χ3n) is 1.17. The van der Waals surface area contributed by atoms with E-state index in [9.17, 15) is 14.7 Å². The Morgan fingerprint density at radius 2 is 1.93 bits per heavy atom. The van der Waals surface area contributed by atoms with Crippen LogP contribution in [0.15, 0.2) is 30.6 Å². The monoisotopic (exact) mass is 192 g/mol. The van der Waals surface area contributed by atoms with Gasteiger partial charge in [0, 0.05) is 18.5 Å². The summed E-state index contributed by atoms with van der Waals surface area (Å²) in [4.78, 5) is 28.3. The molecule has 1 aromatic rings. The van der Waals surface area contributed by atoms with Crippen molar-refractivity contribution in [3.63, 3.8) is 0 Å². The molecule has 0 aliphatic rings. The average Bonchev–Trinajstić information content (AvgIpc) is 2.16. The van der Waals surface area contributed by atoms with Crippen molar-refractivity contribution in [2.45, 2.75) is 0 Å². The van der Waals surface area contributed by atoms with E-state index >= 15 is 0 Å². The Morgan fingerprint density at radius 3 is 2.50 bits per heavy atom. The van der Waals surface area contributed by atoms with Crippen molar-refractivity contribution >= 4 is 17.8 Å². The summed E-state index contributed by atoms with van der Waals surface area (Å²) >= 11 is 0. The van der Waals surface area contributed by atoms with E-state index in [4.69, 9.17) is 0 Å². The molecule has 6 heteroatoms. The van der Waals surface area contributed by atoms with Gasteiger partial charge >= 0.3 is 0 Å². The van der Waals surface area contributed by atoms with Crippen LogP contribution in [0, 0.1) is 0 Å². The first-order chi connectivity index (χ1) is 6.68. The van der Waals surface area contributed by atoms with Gasteiger partial charge in [-0.15, -0.1) is 0 Å². The molecule has 1 aromatic heterocycles. The van der Waals surface area contributed by atoms with Crippen LogP contribution >= 0.6 is 0 Å². The largest absolute Gasteiger partial charge is 0.545 e. The van der Waals surface area contributed by atoms with E-state index in [0.29, 0.717) is 6.08 Å². The van der Waals surface area contributed by atoms with E-state index in [1.54, 1.807) is 6.07 Å². The minimum Gasteiger partial charge on any atom is -0.545 e. The fourth-order valence-corrected chi connectivity index (χ4v) is 0.659. The molecule has 1 N–H and O–H groups in total. The van der Waals surface area contributed by atoms with Gasteiger partial charge in [-0.1, -0.05) is 0 Å². The van der Waals surface area contributed by atoms with Gasteiger partial charge in [0.15, 0.2) is 0 Å². The van der Waals surface area contributed by atoms with Crippen LogP contribution in [0.5, 0.6) is 0 Å². The number of hydrogen-bond donors (Lipinski definition) is 1. The van der Waals surface area contributed by atoms with Gasteiger partial charge in [-0.2, -0.15) is 0 Å². The number of aliphatic carboxylic acids is 1. The zero-order valence-electron chi connectivity index (χ0n) is 7.01. The third-order valence-corrected chi connectivity index (χ3v) is 1.17. The highest BCUT2D eigenvalue weighted by atomic mass is 16.4. The van der Waals surface area contributed by atoms with Gasteiger partial charge in [0.1, 0.15) is 0 Å². The van der Waals surface area contributed by atoms with Crippen LogP contribution in [-0.4, -0.2) is 21.8 Å². The van der Waals surface area contributed by atoms with Crippen molar-refractivity contribution in [1.82, 2.24) is 9.97 Å². The Labute approximate surface area is 79.3 Å². The number of rotatable bonds is 3. The lowest BCUT2D eigenvalue weighted by molar-refractivity contribution is -0.297. The normalized spacial score (nSPS) is 10.0. The topological polar surface area (TPSA) is 95.0 Å². The maximum atomic E-state index is 10.9. The summed E-state index contributed by atoms with van der Waals surface area (Å²) in [6.45, 7) is 0. The van der Waals surface area contributed by atoms with Crippen LogP contribution in [-0.2, 0) is 9.59 Å². The van der Waals surface area contributed by atoms with E-state index in [1.807, 2.05) is 0 Å². The molecule has 0 spiro atoms. The lowest BCUT2D eigenvalue weighted by Gasteiger charge is -1.97. The van der Waals surface area contributed by atoms with E-state index in [2.05, 4.69) is 15.3 Å². The molecule has 1 rings (SSSR count). The molecule has 1 amide bonds. The third kappa shape index (κ3) is 3.44. The van der Waals surface area contributed by atoms with E-state index in [1.165, 1.54) is 12.4 Å². The molecule has 0 saturated heterocycles. The van der Waals surface area contributed by atoms with Gasteiger partial charge in [-0.3, -0.25) is 10.1 Å². The maximum Gasteiger partial charge on any atom is 0.250 e. The molecule has 0 radical (unpaired) electrons. The molecule has 72 valence electrons. The lowest BCUT2D eigenvalue weighted by atomic mass is 10.5. The lowest BCUT2D eigenvalue weighted by Crippen LogP contribution is -2.20. The Hall–Kier alpha value is -2.24. The van der Waals surface area contributed by atoms with Gasteiger partial charge in [-0.25, -0.2) is 9.97 Å². The Kier molecular flexibility index (Phi) is 3.31. The molecule has 0 atom stereocenters. The van der Waals surface area contributed by atoms with Crippen molar-refractivity contribution in [1.29, 1.82) is 0 Å². The molecule has 0 aromatic carbocycles. The second kappa shape index (κ2) is 4.70. The van der Waals surface area contributed by atoms with Crippen molar-refractivity contribution < 1.29 is 14.7 Å². The van der Waals surface area contributed by atoms with Gasteiger partial charge in [-0.05, 0) is 12.1 Å². The summed E-state index contributed by atoms with van der Waals surface area (Å²) in [5, 5.41) is 12.2. The average molecular weight is 192 g/mol. The Bertz CT molecular complexity index is 361. The van der Waals surface area contributed by atoms with Crippen molar-refractivity contribution in [2.24, 2.45) is 0 Å². The predicted molar refractivity (Wildman–Crippen MR) is 44.8 cm³/mol. The van der Waals surface area contributed by atoms with Gasteiger partial charge in [0.25, 0.3) is 5.91 Å². The minimum atomic E-state index is -1.44. The summed E-state index contributed by atoms with van der Waals surface area (Å²) in [7, 11) is 0. The highest BCUT2D eigenvalue weighted by molar-refractivity contribution is 6.01. The Balaban J connectivity index is 2.54. The van der Waals surface area contributed by atoms with Crippen LogP contribution in [0.25, 0.3) is 0 Å². The SMILES string of the molecule is O=C([O-])/C=C/C(=O)Nc1ncccn1. The predicted octanol–water partition coefficient (Wildman–Crippen LogP) is -1.28. The fraction of sp³-hybridized carbons (Fsp3) is 0. The quantitative estimate of drug-likeness (QED) is 0.602. The highest BCUT2D eigenvalue weighted by Gasteiger charge is 1.97. The molecule has 0 unspecified atom stereocenters. The number of nitrogens with one attached hydrogen (secondary N) is 1. The van der Waals surface area contributed by atoms with Crippen LogP contribution in [0.1, 0.15) is 0 Å². The molecule has 6 nitrogen and oxygen atoms in total. The Morgan fingerprint density at radius 1 is 1.29 bits per heavy atom. The van der Waals surface area contributed by atoms with Gasteiger partial charge in [0.2, 0.25) is 5.95 Å². The zero-order valence-corrected chi connectivity index (χ0v) is 7.01. The zero-order chi connectivity index (χ0) is 10.4. The number of hydrogen-bond acceptors (Lipinski definition) is 5. The van der Waals surface area contributed by atoms with Gasteiger partial charge < -0.3 is 9.90 Å². The fourth-order valence-electron chi connectivity index (χ4n) is 0.659. The second-order valence-corrected chi connectivity index (χ2v) is 2.21. The van der Waals surface area contributed by atoms with Crippen LogP contribution in [0.2, 0.25) is 0 Å². The van der Waals surface area contributed by atoms with Crippen LogP contribution in [0.3, 0.4) is 0 Å². The molecule has 0 saturated carbocycles. The first-order valence-electron chi connectivity index (χ1n) is 3.65. The number of aromatic nitrogens is 2. The number of carboxylic acid groups (broad SMARTS) is 1. The van der Waals surface area contributed by atoms with Crippen molar-refractivity contribution in [2.75, 3.05) is 5.32 Å². The summed E-state index contributed by atoms with van der Waals surface area (Å²) in [5.74, 6) is -1.95. The molecule has 0 aliphatic carbocycles.